The van der Waals surface area contributed by atoms with Crippen molar-refractivity contribution in [1.82, 2.24) is 10.3 Å². The lowest BCUT2D eigenvalue weighted by atomic mass is 10.1. The fourth-order valence-corrected chi connectivity index (χ4v) is 1.84. The lowest BCUT2D eigenvalue weighted by Gasteiger charge is -2.25. The van der Waals surface area contributed by atoms with E-state index in [9.17, 15) is 4.79 Å². The van der Waals surface area contributed by atoms with E-state index in [1.165, 1.54) is 0 Å². The first-order valence-electron chi connectivity index (χ1n) is 6.29. The first-order chi connectivity index (χ1) is 9.08. The molecule has 0 fully saturated rings. The van der Waals surface area contributed by atoms with Crippen molar-refractivity contribution in [2.24, 2.45) is 5.84 Å². The summed E-state index contributed by atoms with van der Waals surface area (Å²) in [6.45, 7) is 5.62. The molecule has 1 aromatic rings. The zero-order valence-electron chi connectivity index (χ0n) is 11.4. The first-order valence-corrected chi connectivity index (χ1v) is 6.29. The normalized spacial score (nSPS) is 10.5. The molecule has 5 heteroatoms. The summed E-state index contributed by atoms with van der Waals surface area (Å²) in [5, 5.41) is 8.67. The van der Waals surface area contributed by atoms with Crippen molar-refractivity contribution < 1.29 is 4.79 Å². The second-order valence-electron chi connectivity index (χ2n) is 4.65. The van der Waals surface area contributed by atoms with Gasteiger partial charge in [-0.3, -0.25) is 15.1 Å². The van der Waals surface area contributed by atoms with Crippen LogP contribution in [0.25, 0.3) is 0 Å². The van der Waals surface area contributed by atoms with Crippen molar-refractivity contribution in [2.75, 3.05) is 6.54 Å². The van der Waals surface area contributed by atoms with E-state index in [2.05, 4.69) is 30.2 Å². The Hall–Kier alpha value is -1.90. The van der Waals surface area contributed by atoms with Gasteiger partial charge in [0.05, 0.1) is 6.07 Å². The summed E-state index contributed by atoms with van der Waals surface area (Å²) in [5.41, 5.74) is 3.70. The van der Waals surface area contributed by atoms with Gasteiger partial charge < -0.3 is 0 Å². The van der Waals surface area contributed by atoms with Gasteiger partial charge in [-0.2, -0.15) is 5.26 Å². The number of amides is 1. The van der Waals surface area contributed by atoms with Crippen LogP contribution in [-0.4, -0.2) is 23.4 Å². The average Bonchev–Trinajstić information content (AvgIpc) is 2.42. The van der Waals surface area contributed by atoms with Crippen LogP contribution >= 0.6 is 0 Å². The number of carbonyl (C=O) groups is 1. The highest BCUT2D eigenvalue weighted by molar-refractivity contribution is 5.93. The minimum atomic E-state index is -0.296. The molecule has 0 aliphatic carbocycles. The summed E-state index contributed by atoms with van der Waals surface area (Å²) < 4.78 is 0. The minimum Gasteiger partial charge on any atom is -0.296 e. The van der Waals surface area contributed by atoms with E-state index < -0.39 is 0 Å². The predicted octanol–water partition coefficient (Wildman–Crippen LogP) is 1.41. The Morgan fingerprint density at radius 3 is 2.84 bits per heavy atom. The molecule has 5 nitrogen and oxygen atoms in total. The highest BCUT2D eigenvalue weighted by atomic mass is 16.2. The van der Waals surface area contributed by atoms with Gasteiger partial charge in [-0.05, 0) is 31.5 Å². The maximum Gasteiger partial charge on any atom is 0.265 e. The topological polar surface area (TPSA) is 82.2 Å². The van der Waals surface area contributed by atoms with E-state index in [4.69, 9.17) is 11.1 Å². The van der Waals surface area contributed by atoms with E-state index in [0.29, 0.717) is 24.6 Å². The molecule has 0 bridgehead atoms. The highest BCUT2D eigenvalue weighted by Gasteiger charge is 2.11. The van der Waals surface area contributed by atoms with Crippen molar-refractivity contribution in [2.45, 2.75) is 32.9 Å². The summed E-state index contributed by atoms with van der Waals surface area (Å²) in [4.78, 5) is 13.7. The number of nitrogens with two attached hydrogens (primary N) is 1. The number of nitriles is 1. The molecule has 0 radical (unpaired) electrons. The standard InChI is InChI=1S/C14H20N4O/c1-11(2)18(8-4-7-15)10-12-5-3-6-13(9-12)14(19)17-16/h3,5-6,9,11H,4,8,10,16H2,1-2H3,(H,17,19). The predicted molar refractivity (Wildman–Crippen MR) is 73.9 cm³/mol. The van der Waals surface area contributed by atoms with Crippen LogP contribution in [0.2, 0.25) is 0 Å². The van der Waals surface area contributed by atoms with Crippen molar-refractivity contribution in [1.29, 1.82) is 5.26 Å². The molecule has 102 valence electrons. The number of nitrogens with zero attached hydrogens (tertiary/aromatic N) is 2. The van der Waals surface area contributed by atoms with E-state index in [0.717, 1.165) is 12.1 Å². The molecule has 0 spiro atoms. The number of carbonyl (C=O) groups excluding carboxylic acids is 1. The third-order valence-electron chi connectivity index (χ3n) is 2.95. The summed E-state index contributed by atoms with van der Waals surface area (Å²) in [5.74, 6) is 4.83. The Labute approximate surface area is 114 Å². The van der Waals surface area contributed by atoms with E-state index in [1.54, 1.807) is 6.07 Å². The van der Waals surface area contributed by atoms with Crippen molar-refractivity contribution in [3.63, 3.8) is 0 Å². The zero-order valence-corrected chi connectivity index (χ0v) is 11.4. The van der Waals surface area contributed by atoms with E-state index in [1.807, 2.05) is 18.2 Å². The van der Waals surface area contributed by atoms with Crippen LogP contribution in [0.4, 0.5) is 0 Å². The number of benzene rings is 1. The number of nitrogen functional groups attached to an aromatic ring is 1. The van der Waals surface area contributed by atoms with Crippen molar-refractivity contribution in [3.8, 4) is 6.07 Å². The molecule has 0 aliphatic rings. The van der Waals surface area contributed by atoms with Gasteiger partial charge in [0.1, 0.15) is 0 Å². The monoisotopic (exact) mass is 260 g/mol. The average molecular weight is 260 g/mol. The maximum absolute atomic E-state index is 11.5. The molecule has 1 amide bonds. The largest absolute Gasteiger partial charge is 0.296 e. The Kier molecular flexibility index (Phi) is 6.00. The Balaban J connectivity index is 2.79. The van der Waals surface area contributed by atoms with Crippen LogP contribution < -0.4 is 11.3 Å². The van der Waals surface area contributed by atoms with E-state index in [-0.39, 0.29) is 5.91 Å². The van der Waals surface area contributed by atoms with Gasteiger partial charge >= 0.3 is 0 Å². The molecule has 3 N–H and O–H groups in total. The number of hydrogen-bond donors (Lipinski definition) is 2. The fourth-order valence-electron chi connectivity index (χ4n) is 1.84. The van der Waals surface area contributed by atoms with Crippen LogP contribution in [0.5, 0.6) is 0 Å². The van der Waals surface area contributed by atoms with Gasteiger partial charge in [0.25, 0.3) is 5.91 Å². The zero-order chi connectivity index (χ0) is 14.3. The molecule has 0 heterocycles. The van der Waals surface area contributed by atoms with Crippen LogP contribution in [-0.2, 0) is 6.54 Å². The lowest BCUT2D eigenvalue weighted by Crippen LogP contribution is -2.32. The van der Waals surface area contributed by atoms with Gasteiger partial charge in [0, 0.05) is 31.1 Å². The third kappa shape index (κ3) is 4.70. The lowest BCUT2D eigenvalue weighted by molar-refractivity contribution is 0.0953. The van der Waals surface area contributed by atoms with Crippen LogP contribution in [0.15, 0.2) is 24.3 Å². The Morgan fingerprint density at radius 1 is 1.53 bits per heavy atom. The molecule has 0 aliphatic heterocycles. The molecular weight excluding hydrogens is 240 g/mol. The molecular formula is C14H20N4O. The molecule has 1 rings (SSSR count). The van der Waals surface area contributed by atoms with Gasteiger partial charge in [0.2, 0.25) is 0 Å². The summed E-state index contributed by atoms with van der Waals surface area (Å²) in [6.07, 6.45) is 0.501. The smallest absolute Gasteiger partial charge is 0.265 e. The molecule has 19 heavy (non-hydrogen) atoms. The highest BCUT2D eigenvalue weighted by Crippen LogP contribution is 2.11. The van der Waals surface area contributed by atoms with Gasteiger partial charge in [0.15, 0.2) is 0 Å². The summed E-state index contributed by atoms with van der Waals surface area (Å²) in [6, 6.07) is 9.85. The Bertz CT molecular complexity index is 465. The number of rotatable bonds is 6. The van der Waals surface area contributed by atoms with Gasteiger partial charge in [-0.1, -0.05) is 12.1 Å². The maximum atomic E-state index is 11.5. The SMILES string of the molecule is CC(C)N(CCC#N)Cc1cccc(C(=O)NN)c1. The molecule has 0 saturated heterocycles. The van der Waals surface area contributed by atoms with Crippen molar-refractivity contribution in [3.05, 3.63) is 35.4 Å². The van der Waals surface area contributed by atoms with Crippen LogP contribution in [0.3, 0.4) is 0 Å². The molecule has 0 saturated carbocycles. The van der Waals surface area contributed by atoms with Crippen molar-refractivity contribution >= 4 is 5.91 Å². The number of hydrazine groups is 1. The third-order valence-corrected chi connectivity index (χ3v) is 2.95. The first kappa shape index (κ1) is 15.2. The molecule has 1 aromatic carbocycles. The fraction of sp³-hybridized carbons (Fsp3) is 0.429. The minimum absolute atomic E-state index is 0.296. The molecule has 0 unspecified atom stereocenters. The molecule has 0 aromatic heterocycles. The van der Waals surface area contributed by atoms with Crippen LogP contribution in [0, 0.1) is 11.3 Å². The number of hydrogen-bond acceptors (Lipinski definition) is 4. The summed E-state index contributed by atoms with van der Waals surface area (Å²) >= 11 is 0. The second kappa shape index (κ2) is 7.52. The van der Waals surface area contributed by atoms with Gasteiger partial charge in [-0.25, -0.2) is 5.84 Å². The van der Waals surface area contributed by atoms with E-state index >= 15 is 0 Å². The summed E-state index contributed by atoms with van der Waals surface area (Å²) in [7, 11) is 0. The number of nitrogens with one attached hydrogen (secondary N) is 1. The molecule has 0 atom stereocenters. The Morgan fingerprint density at radius 2 is 2.26 bits per heavy atom. The quantitative estimate of drug-likeness (QED) is 0.460. The van der Waals surface area contributed by atoms with Gasteiger partial charge in [-0.15, -0.1) is 0 Å². The second-order valence-corrected chi connectivity index (χ2v) is 4.65. The van der Waals surface area contributed by atoms with Crippen LogP contribution in [0.1, 0.15) is 36.2 Å².